The third-order valence-electron chi connectivity index (χ3n) is 3.98. The van der Waals surface area contributed by atoms with Crippen molar-refractivity contribution in [3.63, 3.8) is 0 Å². The second kappa shape index (κ2) is 6.58. The van der Waals surface area contributed by atoms with Crippen LogP contribution in [0.4, 0.5) is 0 Å². The number of carbonyl (C=O) groups excluding carboxylic acids is 1. The Morgan fingerprint density at radius 2 is 2.10 bits per heavy atom. The van der Waals surface area contributed by atoms with E-state index in [1.807, 2.05) is 6.92 Å². The number of hydrogen-bond donors (Lipinski definition) is 3. The summed E-state index contributed by atoms with van der Waals surface area (Å²) in [6.07, 6.45) is 0.679. The number of aliphatic hydroxyl groups excluding tert-OH is 1. The van der Waals surface area contributed by atoms with Crippen LogP contribution in [0.25, 0.3) is 0 Å². The van der Waals surface area contributed by atoms with Crippen molar-refractivity contribution in [3.05, 3.63) is 35.4 Å². The quantitative estimate of drug-likeness (QED) is 0.328. The molecule has 114 valence electrons. The van der Waals surface area contributed by atoms with E-state index in [0.29, 0.717) is 18.7 Å². The molecule has 1 aliphatic heterocycles. The van der Waals surface area contributed by atoms with Crippen LogP contribution in [0.2, 0.25) is 0 Å². The first-order valence-corrected chi connectivity index (χ1v) is 7.04. The summed E-state index contributed by atoms with van der Waals surface area (Å²) in [5.74, 6) is 0.299. The minimum absolute atomic E-state index is 0.0116. The lowest BCUT2D eigenvalue weighted by atomic mass is 9.95. The van der Waals surface area contributed by atoms with E-state index in [1.165, 1.54) is 0 Å². The van der Waals surface area contributed by atoms with Crippen LogP contribution in [0.3, 0.4) is 0 Å². The number of aliphatic hydroxyl groups is 1. The molecule has 1 heterocycles. The topological polar surface area (TPSA) is 99.2 Å². The average molecular weight is 291 g/mol. The molecule has 1 aromatic carbocycles. The summed E-state index contributed by atoms with van der Waals surface area (Å²) < 4.78 is 0. The number of hydrogen-bond acceptors (Lipinski definition) is 4. The van der Waals surface area contributed by atoms with E-state index in [9.17, 15) is 9.90 Å². The van der Waals surface area contributed by atoms with E-state index in [-0.39, 0.29) is 24.1 Å². The second-order valence-electron chi connectivity index (χ2n) is 5.53. The molecule has 4 N–H and O–H groups in total. The fourth-order valence-corrected chi connectivity index (χ4v) is 2.41. The minimum Gasteiger partial charge on any atom is -0.409 e. The molecule has 2 unspecified atom stereocenters. The summed E-state index contributed by atoms with van der Waals surface area (Å²) >= 11 is 0. The van der Waals surface area contributed by atoms with Gasteiger partial charge in [-0.15, -0.1) is 0 Å². The number of oxime groups is 1. The lowest BCUT2D eigenvalue weighted by Crippen LogP contribution is -2.46. The van der Waals surface area contributed by atoms with Crippen LogP contribution in [-0.2, 0) is 11.2 Å². The molecular formula is C15H21N3O3. The average Bonchev–Trinajstić information content (AvgIpc) is 2.50. The van der Waals surface area contributed by atoms with Gasteiger partial charge in [-0.2, -0.15) is 0 Å². The van der Waals surface area contributed by atoms with Gasteiger partial charge in [0, 0.05) is 18.7 Å². The molecule has 0 aromatic heterocycles. The largest absolute Gasteiger partial charge is 0.409 e. The zero-order valence-electron chi connectivity index (χ0n) is 12.1. The van der Waals surface area contributed by atoms with Crippen LogP contribution >= 0.6 is 0 Å². The van der Waals surface area contributed by atoms with Crippen molar-refractivity contribution in [1.29, 1.82) is 0 Å². The lowest BCUT2D eigenvalue weighted by Gasteiger charge is -2.34. The Hall–Kier alpha value is -2.08. The van der Waals surface area contributed by atoms with Crippen LogP contribution in [0.5, 0.6) is 0 Å². The monoisotopic (exact) mass is 291 g/mol. The first kappa shape index (κ1) is 15.3. The summed E-state index contributed by atoms with van der Waals surface area (Å²) in [4.78, 5) is 13.9. The molecule has 6 heteroatoms. The number of piperidine rings is 1. The van der Waals surface area contributed by atoms with Crippen LogP contribution in [0, 0.1) is 5.92 Å². The smallest absolute Gasteiger partial charge is 0.227 e. The van der Waals surface area contributed by atoms with Crippen molar-refractivity contribution in [2.24, 2.45) is 16.8 Å². The molecule has 1 fully saturated rings. The standard InChI is InChI=1S/C15H21N3O3/c1-10-6-7-18(9-13(10)19)14(20)8-11-2-4-12(5-3-11)15(16)17-21/h2-5,10,13,19,21H,6-9H2,1H3,(H2,16,17). The van der Waals surface area contributed by atoms with Crippen LogP contribution in [0.1, 0.15) is 24.5 Å². The fourth-order valence-electron chi connectivity index (χ4n) is 2.41. The van der Waals surface area contributed by atoms with E-state index in [1.54, 1.807) is 29.2 Å². The molecule has 2 rings (SSSR count). The predicted molar refractivity (Wildman–Crippen MR) is 79.0 cm³/mol. The lowest BCUT2D eigenvalue weighted by molar-refractivity contribution is -0.134. The Morgan fingerprint density at radius 3 is 2.67 bits per heavy atom. The number of rotatable bonds is 3. The molecule has 0 spiro atoms. The molecule has 6 nitrogen and oxygen atoms in total. The van der Waals surface area contributed by atoms with Gasteiger partial charge < -0.3 is 20.9 Å². The number of nitrogens with zero attached hydrogens (tertiary/aromatic N) is 2. The maximum absolute atomic E-state index is 12.2. The molecule has 0 bridgehead atoms. The fraction of sp³-hybridized carbons (Fsp3) is 0.467. The Kier molecular flexibility index (Phi) is 4.80. The van der Waals surface area contributed by atoms with Gasteiger partial charge in [-0.3, -0.25) is 4.79 Å². The van der Waals surface area contributed by atoms with Gasteiger partial charge in [0.25, 0.3) is 0 Å². The molecular weight excluding hydrogens is 270 g/mol. The molecule has 2 atom stereocenters. The number of β-amino-alcohol motifs (C(OH)–C–C–N with tert-alkyl or cyclic N) is 1. The minimum atomic E-state index is -0.439. The van der Waals surface area contributed by atoms with E-state index < -0.39 is 6.10 Å². The van der Waals surface area contributed by atoms with Gasteiger partial charge in [0.15, 0.2) is 5.84 Å². The predicted octanol–water partition coefficient (Wildman–Crippen LogP) is 0.553. The van der Waals surface area contributed by atoms with Crippen molar-refractivity contribution in [2.45, 2.75) is 25.9 Å². The highest BCUT2D eigenvalue weighted by molar-refractivity contribution is 5.97. The molecule has 1 saturated heterocycles. The Bertz CT molecular complexity index is 527. The molecule has 1 amide bonds. The van der Waals surface area contributed by atoms with Gasteiger partial charge in [0.05, 0.1) is 12.5 Å². The zero-order valence-corrected chi connectivity index (χ0v) is 12.1. The van der Waals surface area contributed by atoms with Crippen molar-refractivity contribution in [2.75, 3.05) is 13.1 Å². The molecule has 0 aliphatic carbocycles. The molecule has 0 radical (unpaired) electrons. The van der Waals surface area contributed by atoms with Crippen molar-refractivity contribution < 1.29 is 15.1 Å². The summed E-state index contributed by atoms with van der Waals surface area (Å²) in [5.41, 5.74) is 6.96. The Balaban J connectivity index is 1.97. The van der Waals surface area contributed by atoms with E-state index in [2.05, 4.69) is 5.16 Å². The maximum Gasteiger partial charge on any atom is 0.227 e. The van der Waals surface area contributed by atoms with Crippen molar-refractivity contribution >= 4 is 11.7 Å². The second-order valence-corrected chi connectivity index (χ2v) is 5.53. The van der Waals surface area contributed by atoms with Gasteiger partial charge in [0.2, 0.25) is 5.91 Å². The number of carbonyl (C=O) groups is 1. The molecule has 0 saturated carbocycles. The van der Waals surface area contributed by atoms with Crippen LogP contribution in [-0.4, -0.2) is 46.1 Å². The highest BCUT2D eigenvalue weighted by atomic mass is 16.4. The SMILES string of the molecule is CC1CCN(C(=O)Cc2ccc(/C(N)=N/O)cc2)CC1O. The first-order valence-electron chi connectivity index (χ1n) is 7.04. The van der Waals surface area contributed by atoms with E-state index in [0.717, 1.165) is 12.0 Å². The van der Waals surface area contributed by atoms with Crippen LogP contribution in [0.15, 0.2) is 29.4 Å². The van der Waals surface area contributed by atoms with Gasteiger partial charge in [-0.05, 0) is 17.9 Å². The Labute approximate surface area is 123 Å². The highest BCUT2D eigenvalue weighted by Gasteiger charge is 2.27. The van der Waals surface area contributed by atoms with E-state index in [4.69, 9.17) is 10.9 Å². The number of amides is 1. The normalized spacial score (nSPS) is 23.1. The van der Waals surface area contributed by atoms with Gasteiger partial charge >= 0.3 is 0 Å². The molecule has 1 aliphatic rings. The summed E-state index contributed by atoms with van der Waals surface area (Å²) in [6, 6.07) is 7.00. The number of likely N-dealkylation sites (tertiary alicyclic amines) is 1. The van der Waals surface area contributed by atoms with Crippen molar-refractivity contribution in [1.82, 2.24) is 4.90 Å². The van der Waals surface area contributed by atoms with Crippen LogP contribution < -0.4 is 5.73 Å². The summed E-state index contributed by atoms with van der Waals surface area (Å²) in [5, 5.41) is 21.4. The van der Waals surface area contributed by atoms with Crippen molar-refractivity contribution in [3.8, 4) is 0 Å². The van der Waals surface area contributed by atoms with E-state index >= 15 is 0 Å². The third kappa shape index (κ3) is 3.72. The summed E-state index contributed by atoms with van der Waals surface area (Å²) in [7, 11) is 0. The Morgan fingerprint density at radius 1 is 1.43 bits per heavy atom. The van der Waals surface area contributed by atoms with Gasteiger partial charge in [-0.25, -0.2) is 0 Å². The maximum atomic E-state index is 12.2. The highest BCUT2D eigenvalue weighted by Crippen LogP contribution is 2.18. The third-order valence-corrected chi connectivity index (χ3v) is 3.98. The summed E-state index contributed by atoms with van der Waals surface area (Å²) in [6.45, 7) is 3.10. The van der Waals surface area contributed by atoms with Gasteiger partial charge in [-0.1, -0.05) is 36.3 Å². The number of amidine groups is 1. The first-order chi connectivity index (χ1) is 10.0. The van der Waals surface area contributed by atoms with Gasteiger partial charge in [0.1, 0.15) is 0 Å². The molecule has 21 heavy (non-hydrogen) atoms. The number of nitrogens with two attached hydrogens (primary N) is 1. The zero-order chi connectivity index (χ0) is 15.4. The number of benzene rings is 1. The molecule has 1 aromatic rings.